The van der Waals surface area contributed by atoms with Crippen molar-refractivity contribution in [1.29, 1.82) is 0 Å². The van der Waals surface area contributed by atoms with Crippen LogP contribution in [0.3, 0.4) is 0 Å². The first kappa shape index (κ1) is 13.8. The number of methoxy groups -OCH3 is 1. The van der Waals surface area contributed by atoms with Crippen LogP contribution in [0.5, 0.6) is 0 Å². The highest BCUT2D eigenvalue weighted by Gasteiger charge is 2.22. The van der Waals surface area contributed by atoms with Crippen molar-refractivity contribution in [3.05, 3.63) is 35.4 Å². The molecule has 17 heavy (non-hydrogen) atoms. The molecule has 0 aliphatic heterocycles. The highest BCUT2D eigenvalue weighted by molar-refractivity contribution is 8.14. The number of carbonyl (C=O) groups excluding carboxylic acids is 2. The highest BCUT2D eigenvalue weighted by Crippen LogP contribution is 2.19. The van der Waals surface area contributed by atoms with Crippen molar-refractivity contribution in [3.63, 3.8) is 0 Å². The Morgan fingerprint density at radius 2 is 1.88 bits per heavy atom. The van der Waals surface area contributed by atoms with Crippen molar-refractivity contribution >= 4 is 22.8 Å². The number of esters is 1. The summed E-state index contributed by atoms with van der Waals surface area (Å²) in [6.45, 7) is 3.46. The molecule has 0 aliphatic rings. The molecule has 0 bridgehead atoms. The van der Waals surface area contributed by atoms with Gasteiger partial charge in [-0.3, -0.25) is 9.59 Å². The van der Waals surface area contributed by atoms with E-state index in [1.165, 1.54) is 19.6 Å². The van der Waals surface area contributed by atoms with Crippen LogP contribution in [0.15, 0.2) is 24.3 Å². The molecule has 0 aromatic heterocycles. The Morgan fingerprint density at radius 3 is 2.35 bits per heavy atom. The molecule has 0 saturated carbocycles. The van der Waals surface area contributed by atoms with Gasteiger partial charge in [-0.15, -0.1) is 0 Å². The monoisotopic (exact) mass is 252 g/mol. The second-order valence-corrected chi connectivity index (χ2v) is 5.19. The molecule has 0 N–H and O–H groups in total. The molecule has 92 valence electrons. The van der Waals surface area contributed by atoms with Crippen LogP contribution in [-0.4, -0.2) is 23.4 Å². The number of carbonyl (C=O) groups is 2. The van der Waals surface area contributed by atoms with Gasteiger partial charge in [-0.05, 0) is 18.9 Å². The molecular weight excluding hydrogens is 236 g/mol. The quantitative estimate of drug-likeness (QED) is 0.772. The molecule has 3 nitrogen and oxygen atoms in total. The zero-order valence-corrected chi connectivity index (χ0v) is 11.0. The molecule has 1 atom stereocenters. The van der Waals surface area contributed by atoms with E-state index in [1.807, 2.05) is 31.2 Å². The van der Waals surface area contributed by atoms with Crippen LogP contribution in [0.4, 0.5) is 0 Å². The summed E-state index contributed by atoms with van der Waals surface area (Å²) in [6.07, 6.45) is 0.511. The Kier molecular flexibility index (Phi) is 5.22. The fourth-order valence-corrected chi connectivity index (χ4v) is 2.31. The Balaban J connectivity index is 2.75. The lowest BCUT2D eigenvalue weighted by Crippen LogP contribution is -2.22. The maximum absolute atomic E-state index is 11.5. The van der Waals surface area contributed by atoms with Crippen LogP contribution < -0.4 is 0 Å². The van der Waals surface area contributed by atoms with E-state index in [-0.39, 0.29) is 11.1 Å². The summed E-state index contributed by atoms with van der Waals surface area (Å²) in [5.74, 6) is -0.356. The van der Waals surface area contributed by atoms with Gasteiger partial charge in [0.15, 0.2) is 5.12 Å². The number of rotatable bonds is 4. The molecule has 1 unspecified atom stereocenters. The highest BCUT2D eigenvalue weighted by atomic mass is 32.2. The third-order valence-corrected chi connectivity index (χ3v) is 3.29. The van der Waals surface area contributed by atoms with Gasteiger partial charge in [0.05, 0.1) is 7.11 Å². The first-order valence-corrected chi connectivity index (χ1v) is 6.21. The molecule has 0 amide bonds. The van der Waals surface area contributed by atoms with Gasteiger partial charge in [0.25, 0.3) is 0 Å². The first-order valence-electron chi connectivity index (χ1n) is 5.33. The topological polar surface area (TPSA) is 43.4 Å². The van der Waals surface area contributed by atoms with E-state index in [0.717, 1.165) is 17.3 Å². The Bertz CT molecular complexity index is 398. The normalized spacial score (nSPS) is 11.9. The summed E-state index contributed by atoms with van der Waals surface area (Å²) in [6, 6.07) is 7.90. The smallest absolute Gasteiger partial charge is 0.319 e. The fraction of sp³-hybridized carbons (Fsp3) is 0.385. The SMILES string of the molecule is COC(=O)C(Cc1ccc(C)cc1)SC(C)=O. The van der Waals surface area contributed by atoms with E-state index >= 15 is 0 Å². The maximum Gasteiger partial charge on any atom is 0.319 e. The number of ether oxygens (including phenoxy) is 1. The summed E-state index contributed by atoms with van der Waals surface area (Å²) >= 11 is 1.02. The average molecular weight is 252 g/mol. The minimum atomic E-state index is -0.458. The molecule has 0 saturated heterocycles. The Hall–Kier alpha value is -1.29. The number of hydrogen-bond acceptors (Lipinski definition) is 4. The third-order valence-electron chi connectivity index (χ3n) is 2.31. The Morgan fingerprint density at radius 1 is 1.29 bits per heavy atom. The summed E-state index contributed by atoms with van der Waals surface area (Å²) in [7, 11) is 1.34. The fourth-order valence-electron chi connectivity index (χ4n) is 1.44. The van der Waals surface area contributed by atoms with E-state index in [0.29, 0.717) is 6.42 Å². The van der Waals surface area contributed by atoms with Crippen molar-refractivity contribution in [2.24, 2.45) is 0 Å². The third kappa shape index (κ3) is 4.61. The molecule has 1 aromatic carbocycles. The van der Waals surface area contributed by atoms with Gasteiger partial charge in [-0.2, -0.15) is 0 Å². The van der Waals surface area contributed by atoms with E-state index in [4.69, 9.17) is 4.74 Å². The van der Waals surface area contributed by atoms with Gasteiger partial charge in [0.2, 0.25) is 0 Å². The van der Waals surface area contributed by atoms with Crippen LogP contribution >= 0.6 is 11.8 Å². The van der Waals surface area contributed by atoms with Crippen LogP contribution in [0.25, 0.3) is 0 Å². The summed E-state index contributed by atoms with van der Waals surface area (Å²) < 4.78 is 4.70. The number of benzene rings is 1. The molecule has 0 spiro atoms. The van der Waals surface area contributed by atoms with Crippen LogP contribution in [0.2, 0.25) is 0 Å². The van der Waals surface area contributed by atoms with Gasteiger partial charge < -0.3 is 4.74 Å². The maximum atomic E-state index is 11.5. The molecule has 0 aliphatic carbocycles. The van der Waals surface area contributed by atoms with Gasteiger partial charge in [-0.25, -0.2) is 0 Å². The lowest BCUT2D eigenvalue weighted by molar-refractivity contribution is -0.140. The van der Waals surface area contributed by atoms with Gasteiger partial charge in [-0.1, -0.05) is 41.6 Å². The molecule has 0 radical (unpaired) electrons. The molecule has 1 rings (SSSR count). The number of hydrogen-bond donors (Lipinski definition) is 0. The Labute approximate surface area is 106 Å². The van der Waals surface area contributed by atoms with Gasteiger partial charge in [0.1, 0.15) is 5.25 Å². The van der Waals surface area contributed by atoms with E-state index in [9.17, 15) is 9.59 Å². The van der Waals surface area contributed by atoms with Gasteiger partial charge >= 0.3 is 5.97 Å². The molecular formula is C13H16O3S. The standard InChI is InChI=1S/C13H16O3S/c1-9-4-6-11(7-5-9)8-12(13(15)16-3)17-10(2)14/h4-7,12H,8H2,1-3H3. The summed E-state index contributed by atoms with van der Waals surface area (Å²) in [5.41, 5.74) is 2.20. The predicted molar refractivity (Wildman–Crippen MR) is 69.0 cm³/mol. The lowest BCUT2D eigenvalue weighted by atomic mass is 10.1. The van der Waals surface area contributed by atoms with Crippen molar-refractivity contribution in [2.75, 3.05) is 7.11 Å². The first-order chi connectivity index (χ1) is 8.02. The molecule has 1 aromatic rings. The predicted octanol–water partition coefficient (Wildman–Crippen LogP) is 2.36. The molecule has 0 fully saturated rings. The second kappa shape index (κ2) is 6.45. The van der Waals surface area contributed by atoms with Crippen molar-refractivity contribution in [1.82, 2.24) is 0 Å². The number of aryl methyl sites for hydroxylation is 1. The minimum absolute atomic E-state index is 0.0764. The average Bonchev–Trinajstić information content (AvgIpc) is 2.29. The lowest BCUT2D eigenvalue weighted by Gasteiger charge is -2.12. The zero-order chi connectivity index (χ0) is 12.8. The van der Waals surface area contributed by atoms with Crippen molar-refractivity contribution in [2.45, 2.75) is 25.5 Å². The van der Waals surface area contributed by atoms with Crippen LogP contribution in [0.1, 0.15) is 18.1 Å². The van der Waals surface area contributed by atoms with Crippen molar-refractivity contribution < 1.29 is 14.3 Å². The zero-order valence-electron chi connectivity index (χ0n) is 10.2. The van der Waals surface area contributed by atoms with Crippen molar-refractivity contribution in [3.8, 4) is 0 Å². The molecule has 4 heteroatoms. The van der Waals surface area contributed by atoms with E-state index in [1.54, 1.807) is 0 Å². The summed E-state index contributed by atoms with van der Waals surface area (Å²) in [4.78, 5) is 22.6. The van der Waals surface area contributed by atoms with Gasteiger partial charge in [0, 0.05) is 6.92 Å². The number of thioether (sulfide) groups is 1. The second-order valence-electron chi connectivity index (χ2n) is 3.81. The summed E-state index contributed by atoms with van der Waals surface area (Å²) in [5, 5.41) is -0.535. The molecule has 0 heterocycles. The van der Waals surface area contributed by atoms with Crippen LogP contribution in [0, 0.1) is 6.92 Å². The van der Waals surface area contributed by atoms with E-state index in [2.05, 4.69) is 0 Å². The largest absolute Gasteiger partial charge is 0.468 e. The van der Waals surface area contributed by atoms with E-state index < -0.39 is 5.25 Å². The van der Waals surface area contributed by atoms with Crippen LogP contribution in [-0.2, 0) is 20.7 Å². The minimum Gasteiger partial charge on any atom is -0.468 e.